The topological polar surface area (TPSA) is 92.3 Å². The number of anilines is 1. The lowest BCUT2D eigenvalue weighted by Gasteiger charge is -2.32. The third-order valence-electron chi connectivity index (χ3n) is 7.50. The van der Waals surface area contributed by atoms with Crippen molar-refractivity contribution in [3.63, 3.8) is 0 Å². The number of ether oxygens (including phenoxy) is 2. The zero-order valence-corrected chi connectivity index (χ0v) is 24.4. The number of nitrogens with zero attached hydrogens (tertiary/aromatic N) is 4. The van der Waals surface area contributed by atoms with Crippen molar-refractivity contribution in [2.45, 2.75) is 51.0 Å². The Balaban J connectivity index is 1.44. The average molecular weight is 573 g/mol. The molecule has 210 valence electrons. The molecule has 1 saturated heterocycles. The van der Waals surface area contributed by atoms with E-state index in [1.54, 1.807) is 33.5 Å². The van der Waals surface area contributed by atoms with Crippen LogP contribution in [0.25, 0.3) is 10.2 Å². The Bertz CT molecular complexity index is 1380. The van der Waals surface area contributed by atoms with E-state index in [2.05, 4.69) is 18.7 Å². The highest BCUT2D eigenvalue weighted by Crippen LogP contribution is 2.39. The molecule has 3 aromatic rings. The van der Waals surface area contributed by atoms with E-state index in [0.717, 1.165) is 42.6 Å². The Morgan fingerprint density at radius 3 is 2.41 bits per heavy atom. The third-order valence-corrected chi connectivity index (χ3v) is 10.6. The van der Waals surface area contributed by atoms with Crippen molar-refractivity contribution in [3.8, 4) is 11.5 Å². The number of likely N-dealkylation sites (N-methyl/N-ethyl adjacent to an activating group) is 1. The fraction of sp³-hybridized carbons (Fsp3) is 0.500. The fourth-order valence-electron chi connectivity index (χ4n) is 5.12. The molecule has 2 aliphatic heterocycles. The highest BCUT2D eigenvalue weighted by molar-refractivity contribution is 7.89. The van der Waals surface area contributed by atoms with Crippen molar-refractivity contribution < 1.29 is 22.7 Å². The molecule has 11 heteroatoms. The first-order chi connectivity index (χ1) is 18.8. The molecule has 1 amide bonds. The summed E-state index contributed by atoms with van der Waals surface area (Å²) in [5.41, 5.74) is 1.17. The lowest BCUT2D eigenvalue weighted by Crippen LogP contribution is -2.42. The number of carbonyl (C=O) groups excluding carboxylic acids is 1. The van der Waals surface area contributed by atoms with Gasteiger partial charge in [-0.2, -0.15) is 4.31 Å². The number of amides is 1. The van der Waals surface area contributed by atoms with Gasteiger partial charge in [0.2, 0.25) is 10.0 Å². The summed E-state index contributed by atoms with van der Waals surface area (Å²) < 4.78 is 40.5. The van der Waals surface area contributed by atoms with E-state index in [9.17, 15) is 13.2 Å². The number of sulfonamides is 1. The lowest BCUT2D eigenvalue weighted by molar-refractivity contribution is 0.0983. The van der Waals surface area contributed by atoms with Crippen LogP contribution >= 0.6 is 11.3 Å². The number of aromatic nitrogens is 1. The van der Waals surface area contributed by atoms with E-state index in [1.807, 2.05) is 19.1 Å². The molecule has 1 aromatic heterocycles. The second-order valence-corrected chi connectivity index (χ2v) is 12.8. The quantitative estimate of drug-likeness (QED) is 0.370. The molecule has 0 bridgehead atoms. The van der Waals surface area contributed by atoms with Gasteiger partial charge in [-0.3, -0.25) is 9.69 Å². The number of benzene rings is 2. The molecule has 0 radical (unpaired) electrons. The first-order valence-electron chi connectivity index (χ1n) is 13.7. The fourth-order valence-corrected chi connectivity index (χ4v) is 7.82. The summed E-state index contributed by atoms with van der Waals surface area (Å²) in [5.74, 6) is 1.13. The number of hydrogen-bond acceptors (Lipinski definition) is 8. The van der Waals surface area contributed by atoms with Crippen LogP contribution in [0.3, 0.4) is 0 Å². The molecule has 5 rings (SSSR count). The van der Waals surface area contributed by atoms with E-state index in [4.69, 9.17) is 14.5 Å². The molecule has 0 N–H and O–H groups in total. The van der Waals surface area contributed by atoms with Gasteiger partial charge in [-0.05, 0) is 57.1 Å². The van der Waals surface area contributed by atoms with Gasteiger partial charge in [0.05, 0.1) is 15.1 Å². The molecular weight excluding hydrogens is 536 g/mol. The van der Waals surface area contributed by atoms with E-state index in [0.29, 0.717) is 55.0 Å². The summed E-state index contributed by atoms with van der Waals surface area (Å²) in [6.45, 7) is 10.6. The van der Waals surface area contributed by atoms with Gasteiger partial charge in [-0.1, -0.05) is 31.6 Å². The second kappa shape index (κ2) is 11.8. The summed E-state index contributed by atoms with van der Waals surface area (Å²) in [6.07, 6.45) is 2.77. The number of carbonyl (C=O) groups is 1. The lowest BCUT2D eigenvalue weighted by atomic mass is 10.1. The zero-order chi connectivity index (χ0) is 27.6. The van der Waals surface area contributed by atoms with Crippen LogP contribution in [-0.4, -0.2) is 80.5 Å². The second-order valence-electron chi connectivity index (χ2n) is 9.93. The molecule has 0 unspecified atom stereocenters. The van der Waals surface area contributed by atoms with Crippen molar-refractivity contribution in [2.75, 3.05) is 50.8 Å². The minimum absolute atomic E-state index is 0.0267. The maximum Gasteiger partial charge on any atom is 0.260 e. The Hall–Kier alpha value is -2.73. The molecule has 2 aliphatic rings. The zero-order valence-electron chi connectivity index (χ0n) is 22.8. The van der Waals surface area contributed by atoms with Crippen LogP contribution in [0.1, 0.15) is 50.4 Å². The van der Waals surface area contributed by atoms with Crippen molar-refractivity contribution in [1.82, 2.24) is 14.2 Å². The SMILES string of the molecule is CCN(CC)CCN(C(=O)c1ccc(S(=O)(=O)N2CCCC[C@H]2C)cc1)c1nc2cc3c(cc2s1)OCCO3. The van der Waals surface area contributed by atoms with E-state index in [1.165, 1.54) is 11.3 Å². The molecule has 3 heterocycles. The van der Waals surface area contributed by atoms with Crippen LogP contribution in [0, 0.1) is 0 Å². The van der Waals surface area contributed by atoms with E-state index < -0.39 is 10.0 Å². The van der Waals surface area contributed by atoms with Gasteiger partial charge in [0, 0.05) is 43.4 Å². The van der Waals surface area contributed by atoms with Crippen molar-refractivity contribution >= 4 is 42.6 Å². The summed E-state index contributed by atoms with van der Waals surface area (Å²) >= 11 is 1.43. The number of rotatable bonds is 9. The predicted molar refractivity (Wildman–Crippen MR) is 154 cm³/mol. The van der Waals surface area contributed by atoms with Gasteiger partial charge in [0.1, 0.15) is 13.2 Å². The third kappa shape index (κ3) is 5.77. The first kappa shape index (κ1) is 27.8. The number of fused-ring (bicyclic) bond motifs is 2. The van der Waals surface area contributed by atoms with Crippen LogP contribution in [0.5, 0.6) is 11.5 Å². The summed E-state index contributed by atoms with van der Waals surface area (Å²) in [6, 6.07) is 10.1. The molecule has 2 aromatic carbocycles. The standard InChI is InChI=1S/C28H36N4O5S2/c1-4-30(5-2)14-15-31(28-29-23-18-24-25(19-26(23)38-28)37-17-16-36-24)27(33)21-9-11-22(12-10-21)39(34,35)32-13-7-6-8-20(32)3/h9-12,18-20H,4-8,13-17H2,1-3H3/t20-/m1/s1. The highest BCUT2D eigenvalue weighted by atomic mass is 32.2. The smallest absolute Gasteiger partial charge is 0.260 e. The number of thiazole rings is 1. The van der Waals surface area contributed by atoms with Gasteiger partial charge >= 0.3 is 0 Å². The average Bonchev–Trinajstić information content (AvgIpc) is 3.36. The maximum absolute atomic E-state index is 13.8. The largest absolute Gasteiger partial charge is 0.486 e. The number of hydrogen-bond donors (Lipinski definition) is 0. The van der Waals surface area contributed by atoms with Crippen LogP contribution in [0.4, 0.5) is 5.13 Å². The monoisotopic (exact) mass is 572 g/mol. The maximum atomic E-state index is 13.8. The molecule has 0 saturated carbocycles. The van der Waals surface area contributed by atoms with Crippen LogP contribution in [-0.2, 0) is 10.0 Å². The molecular formula is C28H36N4O5S2. The normalized spacial score (nSPS) is 18.0. The van der Waals surface area contributed by atoms with Crippen molar-refractivity contribution in [2.24, 2.45) is 0 Å². The van der Waals surface area contributed by atoms with E-state index >= 15 is 0 Å². The number of piperidine rings is 1. The van der Waals surface area contributed by atoms with Gasteiger partial charge in [-0.25, -0.2) is 13.4 Å². The van der Waals surface area contributed by atoms with Gasteiger partial charge < -0.3 is 14.4 Å². The van der Waals surface area contributed by atoms with Crippen LogP contribution in [0.2, 0.25) is 0 Å². The van der Waals surface area contributed by atoms with Gasteiger partial charge in [0.15, 0.2) is 16.6 Å². The predicted octanol–water partition coefficient (Wildman–Crippen LogP) is 4.62. The van der Waals surface area contributed by atoms with Crippen LogP contribution in [0.15, 0.2) is 41.3 Å². The Morgan fingerprint density at radius 1 is 1.05 bits per heavy atom. The van der Waals surface area contributed by atoms with Crippen molar-refractivity contribution in [1.29, 1.82) is 0 Å². The molecule has 1 fully saturated rings. The van der Waals surface area contributed by atoms with E-state index in [-0.39, 0.29) is 16.8 Å². The molecule has 9 nitrogen and oxygen atoms in total. The Morgan fingerprint density at radius 2 is 1.74 bits per heavy atom. The molecule has 39 heavy (non-hydrogen) atoms. The summed E-state index contributed by atoms with van der Waals surface area (Å²) in [4.78, 5) is 22.8. The minimum Gasteiger partial charge on any atom is -0.486 e. The molecule has 0 aliphatic carbocycles. The summed E-state index contributed by atoms with van der Waals surface area (Å²) in [5, 5.41) is 0.586. The Labute approximate surface area is 234 Å². The molecule has 0 spiro atoms. The van der Waals surface area contributed by atoms with Gasteiger partial charge in [-0.15, -0.1) is 0 Å². The van der Waals surface area contributed by atoms with Gasteiger partial charge in [0.25, 0.3) is 5.91 Å². The molecule has 1 atom stereocenters. The first-order valence-corrected chi connectivity index (χ1v) is 15.9. The summed E-state index contributed by atoms with van der Waals surface area (Å²) in [7, 11) is -3.61. The highest BCUT2D eigenvalue weighted by Gasteiger charge is 2.31. The Kier molecular flexibility index (Phi) is 8.41. The van der Waals surface area contributed by atoms with Crippen LogP contribution < -0.4 is 14.4 Å². The van der Waals surface area contributed by atoms with Crippen molar-refractivity contribution in [3.05, 3.63) is 42.0 Å². The minimum atomic E-state index is -3.61.